The van der Waals surface area contributed by atoms with Gasteiger partial charge >= 0.3 is 0 Å². The Bertz CT molecular complexity index is 221. The van der Waals surface area contributed by atoms with Gasteiger partial charge in [-0.25, -0.2) is 0 Å². The third kappa shape index (κ3) is 8.31. The summed E-state index contributed by atoms with van der Waals surface area (Å²) in [5.41, 5.74) is 5.39. The lowest BCUT2D eigenvalue weighted by atomic mass is 10.2. The maximum atomic E-state index is 8.38. The third-order valence-corrected chi connectivity index (χ3v) is 3.04. The van der Waals surface area contributed by atoms with Gasteiger partial charge in [-0.3, -0.25) is 4.90 Å². The Hall–Kier alpha value is -0.810. The van der Waals surface area contributed by atoms with Crippen LogP contribution in [0.4, 0.5) is 0 Å². The van der Waals surface area contributed by atoms with Crippen molar-refractivity contribution in [3.63, 3.8) is 0 Å². The normalized spacial score (nSPS) is 12.9. The smallest absolute Gasteiger partial charge is 0.139 e. The molecule has 0 atom stereocenters. The molecule has 0 saturated carbocycles. The van der Waals surface area contributed by atoms with E-state index in [1.54, 1.807) is 0 Å². The van der Waals surface area contributed by atoms with E-state index < -0.39 is 0 Å². The van der Waals surface area contributed by atoms with Crippen molar-refractivity contribution in [3.8, 4) is 0 Å². The fourth-order valence-corrected chi connectivity index (χ4v) is 2.05. The molecular weight excluding hydrogens is 228 g/mol. The van der Waals surface area contributed by atoms with Gasteiger partial charge in [0.05, 0.1) is 0 Å². The van der Waals surface area contributed by atoms with Crippen LogP contribution in [0.2, 0.25) is 0 Å². The zero-order valence-corrected chi connectivity index (χ0v) is 12.3. The Morgan fingerprint density at radius 1 is 1.17 bits per heavy atom. The summed E-state index contributed by atoms with van der Waals surface area (Å²) in [7, 11) is 0. The standard InChI is InChI=1S/C13H30N4O/c1-11(2)17(12(3)4)10-9-15-8-6-5-7-13(14)16-18/h11-12,15,18H,5-10H2,1-4H3,(H2,14,16). The molecule has 0 spiro atoms. The van der Waals surface area contributed by atoms with Gasteiger partial charge in [-0.05, 0) is 47.1 Å². The highest BCUT2D eigenvalue weighted by molar-refractivity contribution is 5.79. The second kappa shape index (κ2) is 10.1. The van der Waals surface area contributed by atoms with Gasteiger partial charge in [0.25, 0.3) is 0 Å². The topological polar surface area (TPSA) is 73.9 Å². The number of nitrogens with two attached hydrogens (primary N) is 1. The highest BCUT2D eigenvalue weighted by atomic mass is 16.4. The maximum Gasteiger partial charge on any atom is 0.139 e. The summed E-state index contributed by atoms with van der Waals surface area (Å²) in [4.78, 5) is 2.48. The zero-order chi connectivity index (χ0) is 14.0. The van der Waals surface area contributed by atoms with E-state index in [9.17, 15) is 0 Å². The first-order valence-corrected chi connectivity index (χ1v) is 6.91. The van der Waals surface area contributed by atoms with E-state index >= 15 is 0 Å². The molecule has 0 heterocycles. The Kier molecular flexibility index (Phi) is 9.69. The molecule has 0 aliphatic carbocycles. The number of hydrogen-bond donors (Lipinski definition) is 3. The van der Waals surface area contributed by atoms with Gasteiger partial charge in [0.15, 0.2) is 0 Å². The molecule has 0 aliphatic rings. The Labute approximate surface area is 111 Å². The van der Waals surface area contributed by atoms with Crippen LogP contribution in [0.3, 0.4) is 0 Å². The molecule has 0 aromatic carbocycles. The molecule has 0 rings (SSSR count). The number of hydrogen-bond acceptors (Lipinski definition) is 4. The van der Waals surface area contributed by atoms with E-state index in [1.165, 1.54) is 0 Å². The highest BCUT2D eigenvalue weighted by Gasteiger charge is 2.11. The van der Waals surface area contributed by atoms with Gasteiger partial charge in [-0.15, -0.1) is 0 Å². The molecule has 0 aliphatic heterocycles. The molecular formula is C13H30N4O. The van der Waals surface area contributed by atoms with Crippen molar-refractivity contribution in [1.29, 1.82) is 0 Å². The molecule has 0 unspecified atom stereocenters. The molecule has 0 aromatic heterocycles. The molecule has 0 radical (unpaired) electrons. The quantitative estimate of drug-likeness (QED) is 0.183. The van der Waals surface area contributed by atoms with Gasteiger partial charge in [0.2, 0.25) is 0 Å². The van der Waals surface area contributed by atoms with Crippen LogP contribution in [0.15, 0.2) is 5.16 Å². The second-order valence-electron chi connectivity index (χ2n) is 5.22. The fourth-order valence-electron chi connectivity index (χ4n) is 2.05. The van der Waals surface area contributed by atoms with E-state index in [1.807, 2.05) is 0 Å². The van der Waals surface area contributed by atoms with E-state index in [0.29, 0.717) is 24.3 Å². The first kappa shape index (κ1) is 17.2. The van der Waals surface area contributed by atoms with Crippen LogP contribution >= 0.6 is 0 Å². The van der Waals surface area contributed by atoms with Crippen LogP contribution in [-0.4, -0.2) is 47.7 Å². The summed E-state index contributed by atoms with van der Waals surface area (Å²) in [6, 6.07) is 1.18. The predicted octanol–water partition coefficient (Wildman–Crippen LogP) is 1.61. The average molecular weight is 258 g/mol. The minimum Gasteiger partial charge on any atom is -0.409 e. The Morgan fingerprint density at radius 2 is 1.78 bits per heavy atom. The van der Waals surface area contributed by atoms with Crippen molar-refractivity contribution >= 4 is 5.84 Å². The molecule has 0 saturated heterocycles. The van der Waals surface area contributed by atoms with Crippen LogP contribution in [0.25, 0.3) is 0 Å². The number of oxime groups is 1. The van der Waals surface area contributed by atoms with E-state index in [2.05, 4.69) is 43.1 Å². The monoisotopic (exact) mass is 258 g/mol. The summed E-state index contributed by atoms with van der Waals surface area (Å²) in [6.45, 7) is 12.0. The highest BCUT2D eigenvalue weighted by Crippen LogP contribution is 2.03. The second-order valence-corrected chi connectivity index (χ2v) is 5.22. The number of nitrogens with zero attached hydrogens (tertiary/aromatic N) is 2. The minimum absolute atomic E-state index is 0.320. The van der Waals surface area contributed by atoms with Gasteiger partial charge < -0.3 is 16.3 Å². The van der Waals surface area contributed by atoms with Gasteiger partial charge in [0.1, 0.15) is 5.84 Å². The third-order valence-electron chi connectivity index (χ3n) is 3.04. The van der Waals surface area contributed by atoms with Crippen LogP contribution in [0.5, 0.6) is 0 Å². The number of nitrogens with one attached hydrogen (secondary N) is 1. The summed E-state index contributed by atoms with van der Waals surface area (Å²) < 4.78 is 0. The minimum atomic E-state index is 0.320. The van der Waals surface area contributed by atoms with Crippen molar-refractivity contribution in [2.75, 3.05) is 19.6 Å². The van der Waals surface area contributed by atoms with Gasteiger partial charge in [0, 0.05) is 31.6 Å². The van der Waals surface area contributed by atoms with E-state index in [4.69, 9.17) is 10.9 Å². The molecule has 0 aromatic rings. The first-order chi connectivity index (χ1) is 8.49. The largest absolute Gasteiger partial charge is 0.409 e. The first-order valence-electron chi connectivity index (χ1n) is 6.91. The summed E-state index contributed by atoms with van der Waals surface area (Å²) in [6.07, 6.45) is 2.68. The van der Waals surface area contributed by atoms with Crippen LogP contribution in [0, 0.1) is 0 Å². The zero-order valence-electron chi connectivity index (χ0n) is 12.3. The number of rotatable bonds is 10. The van der Waals surface area contributed by atoms with Crippen molar-refractivity contribution in [3.05, 3.63) is 0 Å². The van der Waals surface area contributed by atoms with Gasteiger partial charge in [-0.2, -0.15) is 0 Å². The number of amidine groups is 1. The fraction of sp³-hybridized carbons (Fsp3) is 0.923. The molecule has 5 nitrogen and oxygen atoms in total. The molecule has 0 amide bonds. The maximum absolute atomic E-state index is 8.38. The van der Waals surface area contributed by atoms with Gasteiger partial charge in [-0.1, -0.05) is 5.16 Å². The van der Waals surface area contributed by atoms with Crippen LogP contribution in [0.1, 0.15) is 47.0 Å². The van der Waals surface area contributed by atoms with Crippen molar-refractivity contribution in [2.45, 2.75) is 59.0 Å². The Morgan fingerprint density at radius 3 is 2.28 bits per heavy atom. The lowest BCUT2D eigenvalue weighted by Gasteiger charge is -2.30. The lowest BCUT2D eigenvalue weighted by Crippen LogP contribution is -2.41. The summed E-state index contributed by atoms with van der Waals surface area (Å²) in [5.74, 6) is 0.320. The molecule has 4 N–H and O–H groups in total. The Balaban J connectivity index is 3.50. The van der Waals surface area contributed by atoms with Crippen LogP contribution < -0.4 is 11.1 Å². The summed E-state index contributed by atoms with van der Waals surface area (Å²) >= 11 is 0. The average Bonchev–Trinajstić information content (AvgIpc) is 2.31. The summed E-state index contributed by atoms with van der Waals surface area (Å²) in [5, 5.41) is 14.8. The SMILES string of the molecule is CC(C)N(CCNCCCCC(N)=NO)C(C)C. The molecule has 108 valence electrons. The molecule has 18 heavy (non-hydrogen) atoms. The number of unbranched alkanes of at least 4 members (excludes halogenated alkanes) is 1. The van der Waals surface area contributed by atoms with E-state index in [-0.39, 0.29) is 0 Å². The van der Waals surface area contributed by atoms with Crippen molar-refractivity contribution in [2.24, 2.45) is 10.9 Å². The molecule has 5 heteroatoms. The van der Waals surface area contributed by atoms with Crippen molar-refractivity contribution < 1.29 is 5.21 Å². The van der Waals surface area contributed by atoms with Crippen molar-refractivity contribution in [1.82, 2.24) is 10.2 Å². The molecule has 0 bridgehead atoms. The molecule has 0 fully saturated rings. The predicted molar refractivity (Wildman–Crippen MR) is 77.1 cm³/mol. The lowest BCUT2D eigenvalue weighted by molar-refractivity contribution is 0.176. The van der Waals surface area contributed by atoms with Crippen LogP contribution in [-0.2, 0) is 0 Å². The van der Waals surface area contributed by atoms with E-state index in [0.717, 1.165) is 32.5 Å².